The first-order valence-corrected chi connectivity index (χ1v) is 7.16. The molecule has 0 spiro atoms. The van der Waals surface area contributed by atoms with Gasteiger partial charge in [0.25, 0.3) is 0 Å². The zero-order valence-electron chi connectivity index (χ0n) is 11.4. The van der Waals surface area contributed by atoms with Gasteiger partial charge in [-0.05, 0) is 36.4 Å². The maximum atomic E-state index is 10.9. The van der Waals surface area contributed by atoms with Crippen LogP contribution in [0.1, 0.15) is 21.5 Å². The third kappa shape index (κ3) is 3.77. The molecule has 5 heteroatoms. The van der Waals surface area contributed by atoms with Crippen LogP contribution in [0.2, 0.25) is 0 Å². The summed E-state index contributed by atoms with van der Waals surface area (Å²) < 4.78 is 5.28. The molecule has 2 rings (SSSR count). The second-order valence-corrected chi connectivity index (χ2v) is 5.31. The molecular formula is C16H13NO3S. The molecule has 0 unspecified atom stereocenters. The zero-order chi connectivity index (χ0) is 15.2. The Balaban J connectivity index is 2.18. The van der Waals surface area contributed by atoms with Crippen molar-refractivity contribution in [2.45, 2.75) is 10.6 Å². The smallest absolute Gasteiger partial charge is 0.335 e. The normalized spacial score (nSPS) is 9.90. The van der Waals surface area contributed by atoms with Crippen molar-refractivity contribution >= 4 is 17.7 Å². The summed E-state index contributed by atoms with van der Waals surface area (Å²) in [5.74, 6) is 0.374. The van der Waals surface area contributed by atoms with Gasteiger partial charge < -0.3 is 9.84 Å². The van der Waals surface area contributed by atoms with Crippen LogP contribution in [0.3, 0.4) is 0 Å². The summed E-state index contributed by atoms with van der Waals surface area (Å²) in [4.78, 5) is 11.8. The van der Waals surface area contributed by atoms with Gasteiger partial charge in [0.1, 0.15) is 5.75 Å². The Bertz CT molecular complexity index is 707. The third-order valence-electron chi connectivity index (χ3n) is 2.88. The molecule has 0 heterocycles. The van der Waals surface area contributed by atoms with E-state index >= 15 is 0 Å². The third-order valence-corrected chi connectivity index (χ3v) is 3.93. The first-order chi connectivity index (χ1) is 10.1. The molecule has 0 aromatic heterocycles. The van der Waals surface area contributed by atoms with Gasteiger partial charge in [0.05, 0.1) is 24.3 Å². The molecule has 0 fully saturated rings. The number of hydrogen-bond acceptors (Lipinski definition) is 4. The molecule has 0 radical (unpaired) electrons. The van der Waals surface area contributed by atoms with Gasteiger partial charge in [0, 0.05) is 16.2 Å². The summed E-state index contributed by atoms with van der Waals surface area (Å²) in [7, 11) is 1.58. The van der Waals surface area contributed by atoms with Gasteiger partial charge in [0.15, 0.2) is 0 Å². The number of carboxylic acid groups (broad SMARTS) is 1. The quantitative estimate of drug-likeness (QED) is 0.855. The van der Waals surface area contributed by atoms with E-state index in [1.807, 2.05) is 6.07 Å². The molecule has 0 saturated heterocycles. The van der Waals surface area contributed by atoms with Gasteiger partial charge in [0.2, 0.25) is 0 Å². The number of hydrogen-bond donors (Lipinski definition) is 1. The molecule has 2 aromatic rings. The topological polar surface area (TPSA) is 70.3 Å². The molecule has 0 aliphatic heterocycles. The van der Waals surface area contributed by atoms with Gasteiger partial charge in [-0.2, -0.15) is 5.26 Å². The number of aromatic carboxylic acids is 1. The van der Waals surface area contributed by atoms with Crippen molar-refractivity contribution in [3.8, 4) is 11.8 Å². The largest absolute Gasteiger partial charge is 0.496 e. The number of carboxylic acids is 1. The molecule has 4 nitrogen and oxygen atoms in total. The molecule has 0 atom stereocenters. The van der Waals surface area contributed by atoms with Gasteiger partial charge in [-0.15, -0.1) is 11.8 Å². The number of nitriles is 1. The van der Waals surface area contributed by atoms with Crippen LogP contribution in [0.4, 0.5) is 0 Å². The maximum absolute atomic E-state index is 10.9. The summed E-state index contributed by atoms with van der Waals surface area (Å²) >= 11 is 1.50. The van der Waals surface area contributed by atoms with Crippen LogP contribution in [-0.4, -0.2) is 18.2 Å². The molecule has 106 valence electrons. The maximum Gasteiger partial charge on any atom is 0.335 e. The molecule has 21 heavy (non-hydrogen) atoms. The van der Waals surface area contributed by atoms with Crippen LogP contribution < -0.4 is 4.74 Å². The van der Waals surface area contributed by atoms with Gasteiger partial charge >= 0.3 is 5.97 Å². The van der Waals surface area contributed by atoms with Crippen LogP contribution in [0, 0.1) is 11.3 Å². The molecule has 1 N–H and O–H groups in total. The van der Waals surface area contributed by atoms with Crippen molar-refractivity contribution in [1.82, 2.24) is 0 Å². The van der Waals surface area contributed by atoms with E-state index in [1.54, 1.807) is 43.5 Å². The summed E-state index contributed by atoms with van der Waals surface area (Å²) in [6.07, 6.45) is 0. The average Bonchev–Trinajstić information content (AvgIpc) is 2.52. The van der Waals surface area contributed by atoms with Crippen LogP contribution >= 0.6 is 11.8 Å². The monoisotopic (exact) mass is 299 g/mol. The van der Waals surface area contributed by atoms with E-state index in [1.165, 1.54) is 11.8 Å². The highest BCUT2D eigenvalue weighted by molar-refractivity contribution is 7.98. The lowest BCUT2D eigenvalue weighted by molar-refractivity contribution is 0.0696. The van der Waals surface area contributed by atoms with Crippen molar-refractivity contribution in [1.29, 1.82) is 5.26 Å². The summed E-state index contributed by atoms with van der Waals surface area (Å²) in [6, 6.07) is 14.1. The van der Waals surface area contributed by atoms with Gasteiger partial charge in [-0.3, -0.25) is 0 Å². The first kappa shape index (κ1) is 14.9. The van der Waals surface area contributed by atoms with Crippen molar-refractivity contribution in [2.24, 2.45) is 0 Å². The Morgan fingerprint density at radius 3 is 2.81 bits per heavy atom. The van der Waals surface area contributed by atoms with Crippen molar-refractivity contribution in [3.63, 3.8) is 0 Å². The van der Waals surface area contributed by atoms with Gasteiger partial charge in [-0.1, -0.05) is 6.07 Å². The van der Waals surface area contributed by atoms with Crippen molar-refractivity contribution < 1.29 is 14.6 Å². The Kier molecular flexibility index (Phi) is 4.85. The highest BCUT2D eigenvalue weighted by atomic mass is 32.2. The van der Waals surface area contributed by atoms with Crippen LogP contribution in [-0.2, 0) is 5.75 Å². The number of ether oxygens (including phenoxy) is 1. The molecule has 0 amide bonds. The summed E-state index contributed by atoms with van der Waals surface area (Å²) in [5, 5.41) is 17.9. The number of rotatable bonds is 5. The summed E-state index contributed by atoms with van der Waals surface area (Å²) in [5.41, 5.74) is 1.74. The van der Waals surface area contributed by atoms with E-state index in [2.05, 4.69) is 6.07 Å². The average molecular weight is 299 g/mol. The van der Waals surface area contributed by atoms with E-state index in [0.29, 0.717) is 11.3 Å². The SMILES string of the molecule is COc1ccc(C#N)cc1CSc1cccc(C(=O)O)c1. The number of thioether (sulfide) groups is 1. The molecule has 2 aromatic carbocycles. The molecule has 0 aliphatic rings. The second-order valence-electron chi connectivity index (χ2n) is 4.26. The first-order valence-electron chi connectivity index (χ1n) is 6.17. The fraction of sp³-hybridized carbons (Fsp3) is 0.125. The number of carbonyl (C=O) groups is 1. The standard InChI is InChI=1S/C16H13NO3S/c1-20-15-6-5-11(9-17)7-13(15)10-21-14-4-2-3-12(8-14)16(18)19/h2-8H,10H2,1H3,(H,18,19). The van der Waals surface area contributed by atoms with E-state index in [9.17, 15) is 4.79 Å². The summed E-state index contributed by atoms with van der Waals surface area (Å²) in [6.45, 7) is 0. The minimum Gasteiger partial charge on any atom is -0.496 e. The minimum absolute atomic E-state index is 0.262. The highest BCUT2D eigenvalue weighted by Gasteiger charge is 2.07. The fourth-order valence-electron chi connectivity index (χ4n) is 1.84. The number of nitrogens with zero attached hydrogens (tertiary/aromatic N) is 1. The Labute approximate surface area is 127 Å². The molecule has 0 saturated carbocycles. The van der Waals surface area contributed by atoms with E-state index in [0.717, 1.165) is 16.2 Å². The van der Waals surface area contributed by atoms with Gasteiger partial charge in [-0.25, -0.2) is 4.79 Å². The van der Waals surface area contributed by atoms with Crippen LogP contribution in [0.15, 0.2) is 47.4 Å². The predicted octanol–water partition coefficient (Wildman–Crippen LogP) is 3.56. The lowest BCUT2D eigenvalue weighted by Crippen LogP contribution is -1.95. The Morgan fingerprint density at radius 1 is 1.33 bits per heavy atom. The molecular weight excluding hydrogens is 286 g/mol. The van der Waals surface area contributed by atoms with E-state index in [-0.39, 0.29) is 5.56 Å². The van der Waals surface area contributed by atoms with Crippen LogP contribution in [0.5, 0.6) is 5.75 Å². The van der Waals surface area contributed by atoms with Crippen molar-refractivity contribution in [3.05, 3.63) is 59.2 Å². The molecule has 0 bridgehead atoms. The Hall–Kier alpha value is -2.45. The zero-order valence-corrected chi connectivity index (χ0v) is 12.2. The predicted molar refractivity (Wildman–Crippen MR) is 80.7 cm³/mol. The molecule has 0 aliphatic carbocycles. The number of methoxy groups -OCH3 is 1. The number of benzene rings is 2. The lowest BCUT2D eigenvalue weighted by Gasteiger charge is -2.09. The lowest BCUT2D eigenvalue weighted by atomic mass is 10.1. The van der Waals surface area contributed by atoms with Crippen LogP contribution in [0.25, 0.3) is 0 Å². The minimum atomic E-state index is -0.943. The second kappa shape index (κ2) is 6.82. The van der Waals surface area contributed by atoms with E-state index < -0.39 is 5.97 Å². The fourth-order valence-corrected chi connectivity index (χ4v) is 2.77. The highest BCUT2D eigenvalue weighted by Crippen LogP contribution is 2.29. The Morgan fingerprint density at radius 2 is 2.14 bits per heavy atom. The van der Waals surface area contributed by atoms with Crippen molar-refractivity contribution in [2.75, 3.05) is 7.11 Å². The van der Waals surface area contributed by atoms with E-state index in [4.69, 9.17) is 15.1 Å².